The van der Waals surface area contributed by atoms with Crippen molar-refractivity contribution in [3.8, 4) is 0 Å². The molecule has 1 aliphatic carbocycles. The first-order valence-electron chi connectivity index (χ1n) is 10.3. The lowest BCUT2D eigenvalue weighted by Gasteiger charge is -2.35. The van der Waals surface area contributed by atoms with Crippen LogP contribution < -0.4 is 0 Å². The first-order chi connectivity index (χ1) is 13.0. The molecule has 0 spiro atoms. The Balaban J connectivity index is 1.54. The van der Waals surface area contributed by atoms with Gasteiger partial charge in [0, 0.05) is 32.4 Å². The van der Waals surface area contributed by atoms with Crippen molar-refractivity contribution in [2.24, 2.45) is 4.99 Å². The molecule has 0 N–H and O–H groups in total. The van der Waals surface area contributed by atoms with Crippen LogP contribution in [0.3, 0.4) is 0 Å². The lowest BCUT2D eigenvalue weighted by Crippen LogP contribution is -2.44. The Morgan fingerprint density at radius 1 is 1.30 bits per heavy atom. The number of aliphatic imine (C=N–C) groups is 1. The Morgan fingerprint density at radius 2 is 2.00 bits per heavy atom. The number of benzene rings is 1. The van der Waals surface area contributed by atoms with Crippen molar-refractivity contribution in [2.75, 3.05) is 26.7 Å². The summed E-state index contributed by atoms with van der Waals surface area (Å²) in [6.45, 7) is 7.77. The van der Waals surface area contributed by atoms with E-state index in [0.717, 1.165) is 51.7 Å². The van der Waals surface area contributed by atoms with Gasteiger partial charge in [-0.2, -0.15) is 0 Å². The maximum absolute atomic E-state index is 12.5. The molecule has 1 aromatic rings. The summed E-state index contributed by atoms with van der Waals surface area (Å²) in [7, 11) is 1.90. The second-order valence-corrected chi connectivity index (χ2v) is 8.23. The van der Waals surface area contributed by atoms with Gasteiger partial charge in [-0.1, -0.05) is 50.3 Å². The van der Waals surface area contributed by atoms with Gasteiger partial charge >= 0.3 is 6.03 Å². The number of likely N-dealkylation sites (tertiary alicyclic amines) is 1. The highest BCUT2D eigenvalue weighted by Crippen LogP contribution is 2.37. The number of nitrogens with zero attached hydrogens (tertiary/aromatic N) is 3. The first-order valence-corrected chi connectivity index (χ1v) is 10.3. The van der Waals surface area contributed by atoms with Gasteiger partial charge in [0.1, 0.15) is 0 Å². The molecule has 4 nitrogen and oxygen atoms in total. The molecule has 27 heavy (non-hydrogen) atoms. The second-order valence-electron chi connectivity index (χ2n) is 8.23. The van der Waals surface area contributed by atoms with E-state index in [1.807, 2.05) is 11.9 Å². The number of rotatable bonds is 4. The average molecular weight is 368 g/mol. The number of piperidine rings is 1. The number of hydrogen-bond acceptors (Lipinski definition) is 2. The minimum absolute atomic E-state index is 0.109. The van der Waals surface area contributed by atoms with Gasteiger partial charge < -0.3 is 9.80 Å². The summed E-state index contributed by atoms with van der Waals surface area (Å²) in [6.07, 6.45) is 9.21. The maximum Gasteiger partial charge on any atom is 0.343 e. The van der Waals surface area contributed by atoms with E-state index in [0.29, 0.717) is 6.04 Å². The van der Waals surface area contributed by atoms with Crippen LogP contribution in [0.1, 0.15) is 51.5 Å². The van der Waals surface area contributed by atoms with E-state index >= 15 is 0 Å². The van der Waals surface area contributed by atoms with Gasteiger partial charge in [-0.15, -0.1) is 0 Å². The number of hydrogen-bond donors (Lipinski definition) is 0. The third-order valence-electron chi connectivity index (χ3n) is 6.45. The van der Waals surface area contributed by atoms with Gasteiger partial charge in [0.05, 0.1) is 0 Å². The Kier molecular flexibility index (Phi) is 6.48. The van der Waals surface area contributed by atoms with Crippen molar-refractivity contribution in [2.45, 2.75) is 57.4 Å². The summed E-state index contributed by atoms with van der Waals surface area (Å²) in [5.74, 6) is 0. The zero-order chi connectivity index (χ0) is 19.3. The fourth-order valence-electron chi connectivity index (χ4n) is 4.21. The molecule has 1 aliphatic heterocycles. The highest BCUT2D eigenvalue weighted by Gasteiger charge is 2.28. The van der Waals surface area contributed by atoms with E-state index in [2.05, 4.69) is 60.1 Å². The fourth-order valence-corrected chi connectivity index (χ4v) is 4.21. The van der Waals surface area contributed by atoms with Crippen molar-refractivity contribution in [1.82, 2.24) is 9.80 Å². The number of carbonyl (C=O) groups excluding carboxylic acids is 1. The molecule has 0 aromatic heterocycles. The summed E-state index contributed by atoms with van der Waals surface area (Å²) in [6, 6.07) is 10.9. The Labute approximate surface area is 164 Å². The van der Waals surface area contributed by atoms with Gasteiger partial charge in [0.25, 0.3) is 0 Å². The lowest BCUT2D eigenvalue weighted by atomic mass is 9.72. The minimum atomic E-state index is -0.109. The molecular formula is C23H33N3O. The normalized spacial score (nSPS) is 24.8. The molecule has 2 amide bonds. The predicted molar refractivity (Wildman–Crippen MR) is 113 cm³/mol. The molecule has 0 radical (unpaired) electrons. The van der Waals surface area contributed by atoms with Crippen LogP contribution >= 0.6 is 0 Å². The molecule has 2 aliphatic rings. The Hall–Kier alpha value is -1.94. The Bertz CT molecular complexity index is 689. The summed E-state index contributed by atoms with van der Waals surface area (Å²) >= 11 is 0. The topological polar surface area (TPSA) is 35.9 Å². The molecular weight excluding hydrogens is 334 g/mol. The zero-order valence-corrected chi connectivity index (χ0v) is 17.0. The largest absolute Gasteiger partial charge is 0.343 e. The zero-order valence-electron chi connectivity index (χ0n) is 17.0. The molecule has 0 bridgehead atoms. The van der Waals surface area contributed by atoms with Gasteiger partial charge in [-0.25, -0.2) is 9.79 Å². The summed E-state index contributed by atoms with van der Waals surface area (Å²) in [4.78, 5) is 21.0. The van der Waals surface area contributed by atoms with Gasteiger partial charge in [-0.3, -0.25) is 0 Å². The maximum atomic E-state index is 12.5. The van der Waals surface area contributed by atoms with Crippen LogP contribution in [0.25, 0.3) is 0 Å². The minimum Gasteiger partial charge on any atom is -0.323 e. The number of allylic oxidation sites excluding steroid dienone is 2. The van der Waals surface area contributed by atoms with Crippen molar-refractivity contribution in [3.05, 3.63) is 47.5 Å². The van der Waals surface area contributed by atoms with Crippen molar-refractivity contribution in [3.63, 3.8) is 0 Å². The van der Waals surface area contributed by atoms with E-state index in [1.54, 1.807) is 6.21 Å². The first kappa shape index (κ1) is 19.8. The molecule has 1 aromatic carbocycles. The van der Waals surface area contributed by atoms with E-state index in [4.69, 9.17) is 0 Å². The highest BCUT2D eigenvalue weighted by molar-refractivity contribution is 5.90. The van der Waals surface area contributed by atoms with Crippen LogP contribution in [-0.2, 0) is 5.41 Å². The van der Waals surface area contributed by atoms with Crippen molar-refractivity contribution < 1.29 is 4.79 Å². The van der Waals surface area contributed by atoms with Crippen molar-refractivity contribution >= 4 is 12.2 Å². The predicted octanol–water partition coefficient (Wildman–Crippen LogP) is 4.66. The van der Waals surface area contributed by atoms with Crippen LogP contribution in [0.15, 0.2) is 47.0 Å². The quantitative estimate of drug-likeness (QED) is 0.726. The molecule has 1 saturated heterocycles. The van der Waals surface area contributed by atoms with E-state index in [1.165, 1.54) is 11.1 Å². The van der Waals surface area contributed by atoms with Gasteiger partial charge in [-0.05, 0) is 55.2 Å². The monoisotopic (exact) mass is 367 g/mol. The summed E-state index contributed by atoms with van der Waals surface area (Å²) in [5, 5.41) is 0. The number of urea groups is 1. The van der Waals surface area contributed by atoms with Gasteiger partial charge in [0.2, 0.25) is 0 Å². The molecule has 1 unspecified atom stereocenters. The number of carbonyl (C=O) groups is 1. The summed E-state index contributed by atoms with van der Waals surface area (Å²) in [5.41, 5.74) is 2.77. The molecule has 146 valence electrons. The highest BCUT2D eigenvalue weighted by atomic mass is 16.2. The molecule has 1 heterocycles. The average Bonchev–Trinajstić information content (AvgIpc) is 2.73. The second kappa shape index (κ2) is 8.83. The molecule has 4 heteroatoms. The van der Waals surface area contributed by atoms with E-state index in [-0.39, 0.29) is 11.4 Å². The van der Waals surface area contributed by atoms with Crippen molar-refractivity contribution in [1.29, 1.82) is 0 Å². The molecule has 1 atom stereocenters. The van der Waals surface area contributed by atoms with Crippen LogP contribution in [-0.4, -0.2) is 54.8 Å². The fraction of sp³-hybridized carbons (Fsp3) is 0.565. The van der Waals surface area contributed by atoms with Gasteiger partial charge in [0.15, 0.2) is 0 Å². The number of amides is 2. The molecule has 3 rings (SSSR count). The SMILES string of the molecule is CCN1CCC(N(C)C(=O)/N=C\C2=CCC(C)(c3ccccc3)CC2)CC1. The van der Waals surface area contributed by atoms with E-state index < -0.39 is 0 Å². The molecule has 1 fully saturated rings. The van der Waals surface area contributed by atoms with Crippen LogP contribution in [0, 0.1) is 0 Å². The third kappa shape index (κ3) is 4.86. The standard InChI is InChI=1S/C23H33N3O/c1-4-26-16-12-21(13-17-26)25(3)22(27)24-18-19-10-14-23(2,15-11-19)20-8-6-5-7-9-20/h5-10,18,21H,4,11-17H2,1-3H3/b24-18-. The van der Waals surface area contributed by atoms with E-state index in [9.17, 15) is 4.79 Å². The third-order valence-corrected chi connectivity index (χ3v) is 6.45. The smallest absolute Gasteiger partial charge is 0.323 e. The van der Waals surface area contributed by atoms with Crippen LogP contribution in [0.4, 0.5) is 4.79 Å². The van der Waals surface area contributed by atoms with Crippen LogP contribution in [0.2, 0.25) is 0 Å². The molecule has 0 saturated carbocycles. The Morgan fingerprint density at radius 3 is 2.59 bits per heavy atom. The van der Waals surface area contributed by atoms with Crippen LogP contribution in [0.5, 0.6) is 0 Å². The summed E-state index contributed by atoms with van der Waals surface area (Å²) < 4.78 is 0. The lowest BCUT2D eigenvalue weighted by molar-refractivity contribution is 0.143.